The number of amides is 1. The molecule has 2 aromatic carbocycles. The van der Waals surface area contributed by atoms with Gasteiger partial charge in [0.2, 0.25) is 0 Å². The normalized spacial score (nSPS) is 13.4. The van der Waals surface area contributed by atoms with Crippen LogP contribution in [-0.4, -0.2) is 38.7 Å². The molecule has 0 saturated heterocycles. The summed E-state index contributed by atoms with van der Waals surface area (Å²) in [6, 6.07) is 15.3. The van der Waals surface area contributed by atoms with Crippen molar-refractivity contribution in [1.29, 1.82) is 0 Å². The highest BCUT2D eigenvalue weighted by Gasteiger charge is 2.26. The summed E-state index contributed by atoms with van der Waals surface area (Å²) >= 11 is 0. The highest BCUT2D eigenvalue weighted by Crippen LogP contribution is 2.36. The number of benzene rings is 2. The van der Waals surface area contributed by atoms with E-state index in [1.54, 1.807) is 11.0 Å². The quantitative estimate of drug-likeness (QED) is 0.428. The summed E-state index contributed by atoms with van der Waals surface area (Å²) in [5, 5.41) is 0. The molecule has 0 radical (unpaired) electrons. The summed E-state index contributed by atoms with van der Waals surface area (Å²) in [4.78, 5) is 25.3. The summed E-state index contributed by atoms with van der Waals surface area (Å²) in [6.45, 7) is 1.28. The summed E-state index contributed by atoms with van der Waals surface area (Å²) in [5.74, 6) is -0.00845. The van der Waals surface area contributed by atoms with Gasteiger partial charge in [-0.2, -0.15) is 0 Å². The minimum absolute atomic E-state index is 0.0469. The predicted molar refractivity (Wildman–Crippen MR) is 101 cm³/mol. The molecule has 1 aliphatic rings. The van der Waals surface area contributed by atoms with Crippen molar-refractivity contribution in [2.75, 3.05) is 31.8 Å². The van der Waals surface area contributed by atoms with E-state index in [2.05, 4.69) is 4.74 Å². The van der Waals surface area contributed by atoms with E-state index in [4.69, 9.17) is 9.47 Å². The van der Waals surface area contributed by atoms with Crippen LogP contribution in [-0.2, 0) is 25.7 Å². The molecule has 6 heteroatoms. The average molecular weight is 367 g/mol. The second-order valence-corrected chi connectivity index (χ2v) is 5.92. The zero-order valence-electron chi connectivity index (χ0n) is 15.1. The van der Waals surface area contributed by atoms with Gasteiger partial charge in [-0.25, -0.2) is 4.79 Å². The number of carbonyl (C=O) groups excluding carboxylic acids is 2. The lowest BCUT2D eigenvalue weighted by Crippen LogP contribution is -2.41. The minimum Gasteiger partial charge on any atom is -0.481 e. The number of ether oxygens (including phenoxy) is 3. The van der Waals surface area contributed by atoms with Crippen LogP contribution in [0.15, 0.2) is 54.6 Å². The topological polar surface area (TPSA) is 65.1 Å². The highest BCUT2D eigenvalue weighted by atomic mass is 16.5. The van der Waals surface area contributed by atoms with Crippen molar-refractivity contribution in [2.24, 2.45) is 0 Å². The molecule has 0 aromatic heterocycles. The van der Waals surface area contributed by atoms with E-state index >= 15 is 0 Å². The molecule has 140 valence electrons. The lowest BCUT2D eigenvalue weighted by molar-refractivity contribution is -0.134. The van der Waals surface area contributed by atoms with Crippen LogP contribution in [0.25, 0.3) is 6.08 Å². The molecule has 0 fully saturated rings. The van der Waals surface area contributed by atoms with Crippen molar-refractivity contribution in [1.82, 2.24) is 0 Å². The first-order chi connectivity index (χ1) is 13.2. The number of hydrogen-bond donors (Lipinski definition) is 0. The molecule has 2 aromatic rings. The van der Waals surface area contributed by atoms with E-state index in [1.807, 2.05) is 48.5 Å². The second kappa shape index (κ2) is 9.00. The zero-order chi connectivity index (χ0) is 19.1. The monoisotopic (exact) mass is 367 g/mol. The van der Waals surface area contributed by atoms with Crippen LogP contribution in [0.5, 0.6) is 5.75 Å². The van der Waals surface area contributed by atoms with Crippen molar-refractivity contribution in [3.05, 3.63) is 65.7 Å². The number of nitrogens with zero attached hydrogens (tertiary/aromatic N) is 1. The van der Waals surface area contributed by atoms with Gasteiger partial charge in [-0.1, -0.05) is 42.5 Å². The summed E-state index contributed by atoms with van der Waals surface area (Å²) in [6.07, 6.45) is 2.94. The van der Waals surface area contributed by atoms with Gasteiger partial charge in [0.15, 0.2) is 12.4 Å². The first-order valence-electron chi connectivity index (χ1n) is 8.63. The number of fused-ring (bicyclic) bond motifs is 1. The molecule has 27 heavy (non-hydrogen) atoms. The van der Waals surface area contributed by atoms with E-state index in [0.717, 1.165) is 5.56 Å². The van der Waals surface area contributed by atoms with Gasteiger partial charge in [-0.3, -0.25) is 4.79 Å². The fourth-order valence-electron chi connectivity index (χ4n) is 2.78. The van der Waals surface area contributed by atoms with Gasteiger partial charge in [-0.15, -0.1) is 0 Å². The van der Waals surface area contributed by atoms with E-state index in [1.165, 1.54) is 13.2 Å². The van der Waals surface area contributed by atoms with Crippen LogP contribution in [0, 0.1) is 0 Å². The van der Waals surface area contributed by atoms with E-state index in [-0.39, 0.29) is 12.5 Å². The van der Waals surface area contributed by atoms with E-state index in [0.29, 0.717) is 36.8 Å². The third kappa shape index (κ3) is 4.74. The average Bonchev–Trinajstić information content (AvgIpc) is 2.71. The Bertz CT molecular complexity index is 832. The van der Waals surface area contributed by atoms with E-state index in [9.17, 15) is 9.59 Å². The molecule has 0 aliphatic carbocycles. The molecule has 1 amide bonds. The number of para-hydroxylation sites is 1. The fourth-order valence-corrected chi connectivity index (χ4v) is 2.78. The summed E-state index contributed by atoms with van der Waals surface area (Å²) < 4.78 is 15.9. The van der Waals surface area contributed by atoms with Crippen molar-refractivity contribution in [2.45, 2.75) is 6.61 Å². The number of methoxy groups -OCH3 is 1. The lowest BCUT2D eigenvalue weighted by atomic mass is 10.1. The van der Waals surface area contributed by atoms with Crippen molar-refractivity contribution in [3.63, 3.8) is 0 Å². The number of carbonyl (C=O) groups is 2. The predicted octanol–water partition coefficient (Wildman–Crippen LogP) is 2.82. The van der Waals surface area contributed by atoms with Crippen LogP contribution >= 0.6 is 0 Å². The Kier molecular flexibility index (Phi) is 6.22. The smallest absolute Gasteiger partial charge is 0.330 e. The zero-order valence-corrected chi connectivity index (χ0v) is 15.1. The first kappa shape index (κ1) is 18.7. The third-order valence-electron chi connectivity index (χ3n) is 4.13. The Morgan fingerprint density at radius 2 is 2.00 bits per heavy atom. The van der Waals surface area contributed by atoms with Gasteiger partial charge in [0.05, 0.1) is 26.0 Å². The standard InChI is InChI=1S/C21H21NO5/c1-25-20(24)11-10-17-8-5-9-18-21(17)27-15-19(23)22(18)12-13-26-14-16-6-3-2-4-7-16/h2-11H,12-15H2,1H3. The minimum atomic E-state index is -0.453. The van der Waals surface area contributed by atoms with Gasteiger partial charge >= 0.3 is 5.97 Å². The van der Waals surface area contributed by atoms with Gasteiger partial charge in [0.25, 0.3) is 5.91 Å². The largest absolute Gasteiger partial charge is 0.481 e. The Hall–Kier alpha value is -3.12. The molecule has 0 saturated carbocycles. The Balaban J connectivity index is 1.68. The fraction of sp³-hybridized carbons (Fsp3) is 0.238. The molecule has 0 unspecified atom stereocenters. The Morgan fingerprint density at radius 1 is 1.19 bits per heavy atom. The molecule has 6 nitrogen and oxygen atoms in total. The van der Waals surface area contributed by atoms with Crippen molar-refractivity contribution in [3.8, 4) is 5.75 Å². The molecule has 3 rings (SSSR count). The van der Waals surface area contributed by atoms with Crippen LogP contribution in [0.3, 0.4) is 0 Å². The molecular weight excluding hydrogens is 346 g/mol. The van der Waals surface area contributed by atoms with Crippen LogP contribution in [0.4, 0.5) is 5.69 Å². The lowest BCUT2D eigenvalue weighted by Gasteiger charge is -2.30. The van der Waals surface area contributed by atoms with Gasteiger partial charge < -0.3 is 19.1 Å². The van der Waals surface area contributed by atoms with Gasteiger partial charge in [0.1, 0.15) is 0 Å². The van der Waals surface area contributed by atoms with Crippen LogP contribution < -0.4 is 9.64 Å². The highest BCUT2D eigenvalue weighted by molar-refractivity contribution is 5.99. The molecular formula is C21H21NO5. The summed E-state index contributed by atoms with van der Waals surface area (Å²) in [7, 11) is 1.32. The SMILES string of the molecule is COC(=O)C=Cc1cccc2c1OCC(=O)N2CCOCc1ccccc1. The summed E-state index contributed by atoms with van der Waals surface area (Å²) in [5.41, 5.74) is 2.46. The molecule has 1 aliphatic heterocycles. The second-order valence-electron chi connectivity index (χ2n) is 5.92. The molecule has 0 bridgehead atoms. The third-order valence-corrected chi connectivity index (χ3v) is 4.13. The van der Waals surface area contributed by atoms with Gasteiger partial charge in [-0.05, 0) is 17.7 Å². The Labute approximate surface area is 158 Å². The van der Waals surface area contributed by atoms with Crippen molar-refractivity contribution >= 4 is 23.6 Å². The number of rotatable bonds is 7. The molecule has 0 atom stereocenters. The van der Waals surface area contributed by atoms with E-state index < -0.39 is 5.97 Å². The number of hydrogen-bond acceptors (Lipinski definition) is 5. The molecule has 0 N–H and O–H groups in total. The van der Waals surface area contributed by atoms with Crippen LogP contribution in [0.1, 0.15) is 11.1 Å². The van der Waals surface area contributed by atoms with Gasteiger partial charge in [0, 0.05) is 18.2 Å². The number of anilines is 1. The van der Waals surface area contributed by atoms with Crippen LogP contribution in [0.2, 0.25) is 0 Å². The maximum Gasteiger partial charge on any atom is 0.330 e. The maximum atomic E-state index is 12.3. The first-order valence-corrected chi connectivity index (χ1v) is 8.63. The molecule has 0 spiro atoms. The maximum absolute atomic E-state index is 12.3. The Morgan fingerprint density at radius 3 is 2.78 bits per heavy atom. The number of esters is 1. The van der Waals surface area contributed by atoms with Crippen molar-refractivity contribution < 1.29 is 23.8 Å². The molecule has 1 heterocycles.